The molecule has 0 unspecified atom stereocenters. The molecule has 0 fully saturated rings. The zero-order chi connectivity index (χ0) is 20.8. The van der Waals surface area contributed by atoms with Gasteiger partial charge in [-0.25, -0.2) is 13.2 Å². The fourth-order valence-electron chi connectivity index (χ4n) is 3.70. The van der Waals surface area contributed by atoms with Crippen LogP contribution in [0.3, 0.4) is 0 Å². The van der Waals surface area contributed by atoms with E-state index in [0.29, 0.717) is 0 Å². The second-order valence-electron chi connectivity index (χ2n) is 7.28. The average molecular weight is 415 g/mol. The summed E-state index contributed by atoms with van der Waals surface area (Å²) in [7, 11) is -3.46. The van der Waals surface area contributed by atoms with Crippen LogP contribution in [0.4, 0.5) is 5.69 Å². The summed E-state index contributed by atoms with van der Waals surface area (Å²) < 4.78 is 32.2. The minimum absolute atomic E-state index is 0.0103. The first-order valence-corrected chi connectivity index (χ1v) is 11.0. The van der Waals surface area contributed by atoms with Gasteiger partial charge in [0.2, 0.25) is 0 Å². The highest BCUT2D eigenvalue weighted by molar-refractivity contribution is 7.90. The number of hydrogen-bond acceptors (Lipinski definition) is 6. The molecule has 0 N–H and O–H groups in total. The van der Waals surface area contributed by atoms with Crippen molar-refractivity contribution in [2.24, 2.45) is 4.40 Å². The summed E-state index contributed by atoms with van der Waals surface area (Å²) in [4.78, 5) is 28.8. The molecule has 8 nitrogen and oxygen atoms in total. The molecule has 0 radical (unpaired) electrons. The highest BCUT2D eigenvalue weighted by atomic mass is 32.2. The number of esters is 1. The Balaban J connectivity index is 1.46. The summed E-state index contributed by atoms with van der Waals surface area (Å²) in [6, 6.07) is 7.69. The molecule has 0 bridgehead atoms. The van der Waals surface area contributed by atoms with Gasteiger partial charge in [0, 0.05) is 24.5 Å². The van der Waals surface area contributed by atoms with Crippen LogP contribution in [0.5, 0.6) is 0 Å². The number of para-hydroxylation sites is 1. The summed E-state index contributed by atoms with van der Waals surface area (Å²) in [5.74, 6) is -0.777. The fourth-order valence-corrected chi connectivity index (χ4v) is 4.67. The second kappa shape index (κ2) is 7.14. The van der Waals surface area contributed by atoms with Crippen molar-refractivity contribution in [3.8, 4) is 0 Å². The third kappa shape index (κ3) is 3.69. The normalized spacial score (nSPS) is 22.9. The fraction of sp³-hybridized carbons (Fsp3) is 0.350. The highest BCUT2D eigenvalue weighted by Crippen LogP contribution is 2.32. The molecule has 1 aromatic rings. The predicted octanol–water partition coefficient (Wildman–Crippen LogP) is 1.39. The number of amides is 1. The first-order valence-electron chi connectivity index (χ1n) is 9.36. The van der Waals surface area contributed by atoms with Crippen LogP contribution in [0, 0.1) is 0 Å². The molecule has 2 atom stereocenters. The maximum atomic E-state index is 13.0. The number of carbonyl (C=O) groups excluding carboxylic acids is 2. The van der Waals surface area contributed by atoms with Gasteiger partial charge < -0.3 is 14.5 Å². The number of rotatable bonds is 3. The number of carbonyl (C=O) groups is 2. The number of anilines is 1. The molecule has 0 aliphatic carbocycles. The highest BCUT2D eigenvalue weighted by Gasteiger charge is 2.35. The van der Waals surface area contributed by atoms with E-state index < -0.39 is 22.1 Å². The number of ether oxygens (including phenoxy) is 1. The lowest BCUT2D eigenvalue weighted by Crippen LogP contribution is -2.43. The molecule has 4 rings (SSSR count). The minimum Gasteiger partial charge on any atom is -0.449 e. The van der Waals surface area contributed by atoms with Crippen LogP contribution in [-0.4, -0.2) is 55.5 Å². The van der Waals surface area contributed by atoms with Crippen LogP contribution in [0.25, 0.3) is 0 Å². The largest absolute Gasteiger partial charge is 0.449 e. The van der Waals surface area contributed by atoms with Crippen molar-refractivity contribution in [1.29, 1.82) is 0 Å². The Kier molecular flexibility index (Phi) is 4.77. The lowest BCUT2D eigenvalue weighted by molar-refractivity contribution is -0.150. The van der Waals surface area contributed by atoms with Gasteiger partial charge in [-0.15, -0.1) is 4.40 Å². The summed E-state index contributed by atoms with van der Waals surface area (Å²) in [5.41, 5.74) is 2.18. The van der Waals surface area contributed by atoms with Crippen molar-refractivity contribution in [1.82, 2.24) is 4.90 Å². The van der Waals surface area contributed by atoms with Crippen LogP contribution < -0.4 is 4.90 Å². The molecule has 3 aliphatic rings. The first-order chi connectivity index (χ1) is 13.7. The summed E-state index contributed by atoms with van der Waals surface area (Å²) >= 11 is 0. The maximum Gasteiger partial charge on any atom is 0.340 e. The average Bonchev–Trinajstić information content (AvgIpc) is 3.01. The third-order valence-corrected chi connectivity index (χ3v) is 6.30. The van der Waals surface area contributed by atoms with Gasteiger partial charge in [0.15, 0.2) is 6.10 Å². The second-order valence-corrected chi connectivity index (χ2v) is 9.04. The Morgan fingerprint density at radius 3 is 2.79 bits per heavy atom. The smallest absolute Gasteiger partial charge is 0.340 e. The number of nitrogens with zero attached hydrogens (tertiary/aromatic N) is 3. The molecule has 9 heteroatoms. The van der Waals surface area contributed by atoms with E-state index in [-0.39, 0.29) is 35.7 Å². The lowest BCUT2D eigenvalue weighted by atomic mass is 10.1. The van der Waals surface area contributed by atoms with Gasteiger partial charge in [-0.3, -0.25) is 4.79 Å². The topological polar surface area (TPSA) is 96.4 Å². The first kappa shape index (κ1) is 19.4. The number of benzene rings is 1. The van der Waals surface area contributed by atoms with Gasteiger partial charge in [-0.1, -0.05) is 18.2 Å². The Labute approximate surface area is 169 Å². The molecular weight excluding hydrogens is 394 g/mol. The molecule has 0 aromatic heterocycles. The SMILES string of the molecule is C[C@@H]1Cc2ccccc2N1C(=O)[C@@H](C)OC(=O)C1=CN2CCS(=O)(=O)N=C2C=C1. The molecule has 29 heavy (non-hydrogen) atoms. The molecule has 0 saturated carbocycles. The Hall–Kier alpha value is -2.94. The maximum absolute atomic E-state index is 13.0. The van der Waals surface area contributed by atoms with E-state index in [2.05, 4.69) is 4.40 Å². The van der Waals surface area contributed by atoms with Crippen molar-refractivity contribution in [3.05, 3.63) is 53.8 Å². The van der Waals surface area contributed by atoms with E-state index in [1.165, 1.54) is 18.4 Å². The molecule has 3 aliphatic heterocycles. The molecule has 152 valence electrons. The third-order valence-electron chi connectivity index (χ3n) is 5.14. The Bertz CT molecular complexity index is 1070. The monoisotopic (exact) mass is 415 g/mol. The quantitative estimate of drug-likeness (QED) is 0.693. The van der Waals surface area contributed by atoms with Crippen LogP contribution in [-0.2, 0) is 30.8 Å². The zero-order valence-electron chi connectivity index (χ0n) is 16.1. The number of amidine groups is 1. The van der Waals surface area contributed by atoms with Gasteiger partial charge in [-0.05, 0) is 44.1 Å². The summed E-state index contributed by atoms with van der Waals surface area (Å²) in [6.45, 7) is 3.73. The van der Waals surface area contributed by atoms with Crippen molar-refractivity contribution in [2.75, 3.05) is 17.2 Å². The van der Waals surface area contributed by atoms with Gasteiger partial charge in [-0.2, -0.15) is 0 Å². The van der Waals surface area contributed by atoms with E-state index in [1.807, 2.05) is 31.2 Å². The Morgan fingerprint density at radius 1 is 1.24 bits per heavy atom. The number of hydrogen-bond donors (Lipinski definition) is 0. The number of fused-ring (bicyclic) bond motifs is 2. The Morgan fingerprint density at radius 2 is 2.00 bits per heavy atom. The van der Waals surface area contributed by atoms with Crippen molar-refractivity contribution >= 4 is 33.4 Å². The molecule has 1 aromatic carbocycles. The molecular formula is C20H21N3O5S. The molecule has 0 saturated heterocycles. The summed E-state index contributed by atoms with van der Waals surface area (Å²) in [5, 5.41) is 0. The summed E-state index contributed by atoms with van der Waals surface area (Å²) in [6.07, 6.45) is 4.21. The van der Waals surface area contributed by atoms with E-state index in [1.54, 1.807) is 16.7 Å². The molecule has 1 amide bonds. The van der Waals surface area contributed by atoms with Crippen molar-refractivity contribution in [3.63, 3.8) is 0 Å². The molecule has 3 heterocycles. The van der Waals surface area contributed by atoms with Crippen LogP contribution in [0.15, 0.2) is 52.6 Å². The molecule has 0 spiro atoms. The standard InChI is InChI=1S/C20H21N3O5S/c1-13-11-15-5-3-4-6-17(15)23(13)19(24)14(2)28-20(25)16-7-8-18-21-29(26,27)10-9-22(18)12-16/h3-8,12-14H,9-11H2,1-2H3/t13-,14-/m1/s1. The van der Waals surface area contributed by atoms with E-state index >= 15 is 0 Å². The number of sulfonamides is 1. The van der Waals surface area contributed by atoms with E-state index in [9.17, 15) is 18.0 Å². The van der Waals surface area contributed by atoms with Crippen LogP contribution >= 0.6 is 0 Å². The van der Waals surface area contributed by atoms with Crippen molar-refractivity contribution < 1.29 is 22.7 Å². The van der Waals surface area contributed by atoms with Gasteiger partial charge in [0.05, 0.1) is 11.3 Å². The van der Waals surface area contributed by atoms with Crippen molar-refractivity contribution in [2.45, 2.75) is 32.4 Å². The van der Waals surface area contributed by atoms with Gasteiger partial charge >= 0.3 is 5.97 Å². The minimum atomic E-state index is -3.46. The lowest BCUT2D eigenvalue weighted by Gasteiger charge is -2.28. The van der Waals surface area contributed by atoms with Gasteiger partial charge in [0.1, 0.15) is 5.84 Å². The van der Waals surface area contributed by atoms with Gasteiger partial charge in [0.25, 0.3) is 15.9 Å². The van der Waals surface area contributed by atoms with E-state index in [0.717, 1.165) is 17.7 Å². The van der Waals surface area contributed by atoms with Crippen LogP contribution in [0.1, 0.15) is 19.4 Å². The predicted molar refractivity (Wildman–Crippen MR) is 108 cm³/mol. The zero-order valence-corrected chi connectivity index (χ0v) is 16.9. The van der Waals surface area contributed by atoms with E-state index in [4.69, 9.17) is 4.74 Å². The van der Waals surface area contributed by atoms with Crippen LogP contribution in [0.2, 0.25) is 0 Å².